The van der Waals surface area contributed by atoms with Gasteiger partial charge in [-0.3, -0.25) is 0 Å². The molecule has 0 saturated carbocycles. The van der Waals surface area contributed by atoms with Crippen molar-refractivity contribution in [3.05, 3.63) is 38.6 Å². The molecule has 0 radical (unpaired) electrons. The molecule has 1 N–H and O–H groups in total. The predicted octanol–water partition coefficient (Wildman–Crippen LogP) is 4.86. The summed E-state index contributed by atoms with van der Waals surface area (Å²) in [7, 11) is 0. The second kappa shape index (κ2) is 5.80. The molecular formula is C9H6Cl4FN. The van der Waals surface area contributed by atoms with Crippen LogP contribution in [0.5, 0.6) is 0 Å². The Morgan fingerprint density at radius 3 is 2.33 bits per heavy atom. The molecule has 1 rings (SSSR count). The van der Waals surface area contributed by atoms with Gasteiger partial charge in [-0.15, -0.1) is 0 Å². The van der Waals surface area contributed by atoms with Crippen molar-refractivity contribution in [1.82, 2.24) is 0 Å². The van der Waals surface area contributed by atoms with Gasteiger partial charge in [0.1, 0.15) is 0 Å². The fourth-order valence-corrected chi connectivity index (χ4v) is 1.51. The zero-order valence-electron chi connectivity index (χ0n) is 7.33. The Hall–Kier alpha value is -0.150. The summed E-state index contributed by atoms with van der Waals surface area (Å²) in [5.41, 5.74) is 1.81. The molecule has 0 heterocycles. The van der Waals surface area contributed by atoms with Crippen molar-refractivity contribution in [2.24, 2.45) is 0 Å². The first kappa shape index (κ1) is 12.9. The monoisotopic (exact) mass is 287 g/mol. The summed E-state index contributed by atoms with van der Waals surface area (Å²) in [5.74, 6) is -0.636. The van der Waals surface area contributed by atoms with Crippen LogP contribution in [0.25, 0.3) is 0 Å². The third-order valence-corrected chi connectivity index (χ3v) is 2.73. The minimum absolute atomic E-state index is 0.0454. The van der Waals surface area contributed by atoms with Crippen LogP contribution in [0.4, 0.5) is 10.1 Å². The summed E-state index contributed by atoms with van der Waals surface area (Å²) >= 11 is 22.2. The first-order chi connectivity index (χ1) is 7.04. The molecule has 0 aliphatic heterocycles. The lowest BCUT2D eigenvalue weighted by atomic mass is 10.3. The van der Waals surface area contributed by atoms with Crippen LogP contribution in [0.1, 0.15) is 0 Å². The normalized spacial score (nSPS) is 11.7. The van der Waals surface area contributed by atoms with Gasteiger partial charge in [0.25, 0.3) is 0 Å². The molecule has 0 aliphatic carbocycles. The highest BCUT2D eigenvalue weighted by molar-refractivity contribution is 6.37. The molecular weight excluding hydrogens is 283 g/mol. The number of anilines is 1. The maximum Gasteiger partial charge on any atom is 0.160 e. The standard InChI is InChI=1S/C9H6Cl4FN/c10-3-5(11)4-15-6-1-7(12)9(14)8(13)2-6/h1-3,15H,4H2. The molecule has 0 bridgehead atoms. The Morgan fingerprint density at radius 2 is 1.87 bits per heavy atom. The maximum atomic E-state index is 13.0. The van der Waals surface area contributed by atoms with Crippen LogP contribution in [0.15, 0.2) is 22.7 Å². The third-order valence-electron chi connectivity index (χ3n) is 1.56. The zero-order chi connectivity index (χ0) is 11.4. The molecule has 0 fully saturated rings. The summed E-state index contributed by atoms with van der Waals surface area (Å²) < 4.78 is 13.0. The SMILES string of the molecule is Fc1c(Cl)cc(NCC(Cl)=CCl)cc1Cl. The van der Waals surface area contributed by atoms with Gasteiger partial charge in [0.15, 0.2) is 5.82 Å². The van der Waals surface area contributed by atoms with Crippen LogP contribution in [-0.2, 0) is 0 Å². The average molecular weight is 289 g/mol. The molecule has 0 unspecified atom stereocenters. The molecule has 15 heavy (non-hydrogen) atoms. The highest BCUT2D eigenvalue weighted by atomic mass is 35.5. The van der Waals surface area contributed by atoms with Gasteiger partial charge < -0.3 is 5.32 Å². The topological polar surface area (TPSA) is 12.0 Å². The van der Waals surface area contributed by atoms with E-state index in [4.69, 9.17) is 46.4 Å². The zero-order valence-corrected chi connectivity index (χ0v) is 10.4. The van der Waals surface area contributed by atoms with Crippen LogP contribution in [0.2, 0.25) is 10.0 Å². The number of rotatable bonds is 3. The van der Waals surface area contributed by atoms with E-state index in [0.717, 1.165) is 0 Å². The number of benzene rings is 1. The summed E-state index contributed by atoms with van der Waals surface area (Å²) in [5, 5.41) is 3.22. The fourth-order valence-electron chi connectivity index (χ4n) is 0.883. The van der Waals surface area contributed by atoms with Crippen LogP contribution in [-0.4, -0.2) is 6.54 Å². The van der Waals surface area contributed by atoms with E-state index in [1.165, 1.54) is 17.7 Å². The Kier molecular flexibility index (Phi) is 5.00. The highest BCUT2D eigenvalue weighted by Crippen LogP contribution is 2.27. The van der Waals surface area contributed by atoms with Crippen molar-refractivity contribution in [2.45, 2.75) is 0 Å². The molecule has 1 nitrogen and oxygen atoms in total. The number of halogens is 5. The lowest BCUT2D eigenvalue weighted by Gasteiger charge is -2.07. The van der Waals surface area contributed by atoms with Gasteiger partial charge in [0.2, 0.25) is 0 Å². The minimum Gasteiger partial charge on any atom is -0.380 e. The number of nitrogens with one attached hydrogen (secondary N) is 1. The molecule has 82 valence electrons. The van der Waals surface area contributed by atoms with Crippen molar-refractivity contribution < 1.29 is 4.39 Å². The fraction of sp³-hybridized carbons (Fsp3) is 0.111. The van der Waals surface area contributed by atoms with Crippen molar-refractivity contribution in [2.75, 3.05) is 11.9 Å². The highest BCUT2D eigenvalue weighted by Gasteiger charge is 2.07. The van der Waals surface area contributed by atoms with Crippen molar-refractivity contribution >= 4 is 52.1 Å². The lowest BCUT2D eigenvalue weighted by Crippen LogP contribution is -2.01. The van der Waals surface area contributed by atoms with E-state index >= 15 is 0 Å². The Morgan fingerprint density at radius 1 is 1.33 bits per heavy atom. The Balaban J connectivity index is 2.79. The maximum absolute atomic E-state index is 13.0. The second-order valence-corrected chi connectivity index (χ2v) is 4.18. The number of hydrogen-bond acceptors (Lipinski definition) is 1. The summed E-state index contributed by atoms with van der Waals surface area (Å²) in [6, 6.07) is 2.84. The summed E-state index contributed by atoms with van der Waals surface area (Å²) in [6.45, 7) is 0.323. The average Bonchev–Trinajstić information content (AvgIpc) is 2.22. The van der Waals surface area contributed by atoms with E-state index in [9.17, 15) is 4.39 Å². The van der Waals surface area contributed by atoms with E-state index in [-0.39, 0.29) is 10.0 Å². The Labute approximate surface area is 107 Å². The van der Waals surface area contributed by atoms with Gasteiger partial charge in [-0.05, 0) is 12.1 Å². The largest absolute Gasteiger partial charge is 0.380 e. The van der Waals surface area contributed by atoms with Gasteiger partial charge in [0, 0.05) is 16.3 Å². The van der Waals surface area contributed by atoms with Gasteiger partial charge in [-0.2, -0.15) is 0 Å². The van der Waals surface area contributed by atoms with Crippen LogP contribution in [0, 0.1) is 5.82 Å². The molecule has 0 amide bonds. The van der Waals surface area contributed by atoms with Gasteiger partial charge in [-0.1, -0.05) is 46.4 Å². The van der Waals surface area contributed by atoms with Gasteiger partial charge in [-0.25, -0.2) is 4.39 Å². The molecule has 1 aromatic carbocycles. The second-order valence-electron chi connectivity index (χ2n) is 2.66. The minimum atomic E-state index is -0.636. The molecule has 0 atom stereocenters. The predicted molar refractivity (Wildman–Crippen MR) is 64.7 cm³/mol. The Bertz CT molecular complexity index is 369. The third kappa shape index (κ3) is 3.72. The van der Waals surface area contributed by atoms with Crippen LogP contribution in [0.3, 0.4) is 0 Å². The molecule has 0 aromatic heterocycles. The van der Waals surface area contributed by atoms with E-state index in [0.29, 0.717) is 17.3 Å². The number of hydrogen-bond donors (Lipinski definition) is 1. The molecule has 0 spiro atoms. The summed E-state index contributed by atoms with van der Waals surface area (Å²) in [6.07, 6.45) is 0. The lowest BCUT2D eigenvalue weighted by molar-refractivity contribution is 0.629. The molecule has 0 saturated heterocycles. The van der Waals surface area contributed by atoms with Crippen molar-refractivity contribution in [1.29, 1.82) is 0 Å². The van der Waals surface area contributed by atoms with Gasteiger partial charge in [0.05, 0.1) is 16.6 Å². The molecule has 1 aromatic rings. The molecule has 0 aliphatic rings. The summed E-state index contributed by atoms with van der Waals surface area (Å²) in [4.78, 5) is 0. The first-order valence-corrected chi connectivity index (χ1v) is 5.44. The molecule has 6 heteroatoms. The van der Waals surface area contributed by atoms with Gasteiger partial charge >= 0.3 is 0 Å². The van der Waals surface area contributed by atoms with E-state index in [2.05, 4.69) is 5.32 Å². The van der Waals surface area contributed by atoms with Crippen molar-refractivity contribution in [3.8, 4) is 0 Å². The smallest absolute Gasteiger partial charge is 0.160 e. The van der Waals surface area contributed by atoms with Crippen LogP contribution >= 0.6 is 46.4 Å². The van der Waals surface area contributed by atoms with E-state index < -0.39 is 5.82 Å². The quantitative estimate of drug-likeness (QED) is 0.783. The van der Waals surface area contributed by atoms with Crippen molar-refractivity contribution in [3.63, 3.8) is 0 Å². The van der Waals surface area contributed by atoms with Crippen LogP contribution < -0.4 is 5.32 Å². The van der Waals surface area contributed by atoms with E-state index in [1.807, 2.05) is 0 Å². The first-order valence-electron chi connectivity index (χ1n) is 3.87. The van der Waals surface area contributed by atoms with E-state index in [1.54, 1.807) is 0 Å².